The summed E-state index contributed by atoms with van der Waals surface area (Å²) >= 11 is 0. The molecule has 1 rings (SSSR count). The van der Waals surface area contributed by atoms with Gasteiger partial charge < -0.3 is 20.0 Å². The number of likely N-dealkylation sites (N-methyl/N-ethyl adjacent to an activating group) is 2. The monoisotopic (exact) mass is 347 g/mol. The van der Waals surface area contributed by atoms with E-state index in [-0.39, 0.29) is 5.91 Å². The Hall–Kier alpha value is -2.24. The second kappa shape index (κ2) is 10.6. The van der Waals surface area contributed by atoms with Gasteiger partial charge in [-0.2, -0.15) is 0 Å². The van der Waals surface area contributed by atoms with E-state index in [0.717, 1.165) is 36.8 Å². The Morgan fingerprint density at radius 2 is 1.80 bits per heavy atom. The first-order valence-corrected chi connectivity index (χ1v) is 8.96. The topological polar surface area (TPSA) is 51.2 Å². The molecule has 1 aromatic rings. The van der Waals surface area contributed by atoms with E-state index in [1.807, 2.05) is 57.8 Å². The van der Waals surface area contributed by atoms with Crippen LogP contribution in [-0.2, 0) is 11.3 Å². The van der Waals surface area contributed by atoms with Crippen molar-refractivity contribution < 1.29 is 4.79 Å². The Morgan fingerprint density at radius 3 is 2.36 bits per heavy atom. The largest absolute Gasteiger partial charge is 0.378 e. The van der Waals surface area contributed by atoms with Gasteiger partial charge in [0.15, 0.2) is 5.96 Å². The SMILES string of the molecule is CCNC(=NCc1cccc(N(C)C)c1)N(C)CC(=O)N(CC)CC. The molecule has 25 heavy (non-hydrogen) atoms. The Morgan fingerprint density at radius 1 is 1.12 bits per heavy atom. The second-order valence-electron chi connectivity index (χ2n) is 6.16. The maximum absolute atomic E-state index is 12.3. The number of benzene rings is 1. The van der Waals surface area contributed by atoms with Gasteiger partial charge in [0.05, 0.1) is 13.1 Å². The molecule has 0 saturated carbocycles. The minimum atomic E-state index is 0.118. The van der Waals surface area contributed by atoms with Crippen LogP contribution < -0.4 is 10.2 Å². The molecular weight excluding hydrogens is 314 g/mol. The molecule has 0 fully saturated rings. The number of carbonyl (C=O) groups is 1. The number of hydrogen-bond acceptors (Lipinski definition) is 3. The standard InChI is InChI=1S/C19H33N5O/c1-7-20-19(23(6)15-18(25)24(8-2)9-3)21-14-16-11-10-12-17(13-16)22(4)5/h10-13H,7-9,14-15H2,1-6H3,(H,20,21). The molecule has 0 unspecified atom stereocenters. The zero-order valence-electron chi connectivity index (χ0n) is 16.5. The summed E-state index contributed by atoms with van der Waals surface area (Å²) in [6, 6.07) is 8.32. The highest BCUT2D eigenvalue weighted by atomic mass is 16.2. The minimum Gasteiger partial charge on any atom is -0.378 e. The third-order valence-corrected chi connectivity index (χ3v) is 4.02. The molecule has 0 aliphatic rings. The Balaban J connectivity index is 2.82. The van der Waals surface area contributed by atoms with Gasteiger partial charge >= 0.3 is 0 Å². The third-order valence-electron chi connectivity index (χ3n) is 4.02. The molecule has 1 N–H and O–H groups in total. The lowest BCUT2D eigenvalue weighted by Crippen LogP contribution is -2.45. The lowest BCUT2D eigenvalue weighted by molar-refractivity contribution is -0.131. The summed E-state index contributed by atoms with van der Waals surface area (Å²) < 4.78 is 0. The van der Waals surface area contributed by atoms with Gasteiger partial charge in [0.2, 0.25) is 5.91 Å². The Labute approximate surface area is 152 Å². The minimum absolute atomic E-state index is 0.118. The predicted molar refractivity (Wildman–Crippen MR) is 106 cm³/mol. The van der Waals surface area contributed by atoms with Crippen LogP contribution in [0.15, 0.2) is 29.3 Å². The van der Waals surface area contributed by atoms with Crippen molar-refractivity contribution in [1.82, 2.24) is 15.1 Å². The average Bonchev–Trinajstić information content (AvgIpc) is 2.59. The predicted octanol–water partition coefficient (Wildman–Crippen LogP) is 2.02. The van der Waals surface area contributed by atoms with Gasteiger partial charge in [-0.15, -0.1) is 0 Å². The lowest BCUT2D eigenvalue weighted by atomic mass is 10.2. The summed E-state index contributed by atoms with van der Waals surface area (Å²) in [4.78, 5) is 22.8. The number of hydrogen-bond donors (Lipinski definition) is 1. The summed E-state index contributed by atoms with van der Waals surface area (Å²) in [6.07, 6.45) is 0. The fraction of sp³-hybridized carbons (Fsp3) is 0.579. The van der Waals surface area contributed by atoms with Crippen molar-refractivity contribution in [3.63, 3.8) is 0 Å². The van der Waals surface area contributed by atoms with Gasteiger partial charge in [0, 0.05) is 46.5 Å². The zero-order valence-corrected chi connectivity index (χ0v) is 16.5. The fourth-order valence-electron chi connectivity index (χ4n) is 2.52. The number of nitrogens with one attached hydrogen (secondary N) is 1. The molecule has 0 heterocycles. The molecule has 0 radical (unpaired) electrons. The van der Waals surface area contributed by atoms with Crippen molar-refractivity contribution in [2.24, 2.45) is 4.99 Å². The van der Waals surface area contributed by atoms with E-state index in [1.54, 1.807) is 0 Å². The van der Waals surface area contributed by atoms with E-state index in [9.17, 15) is 4.79 Å². The number of amides is 1. The van der Waals surface area contributed by atoms with Gasteiger partial charge in [0.1, 0.15) is 0 Å². The Bertz CT molecular complexity index is 567. The van der Waals surface area contributed by atoms with Crippen molar-refractivity contribution >= 4 is 17.6 Å². The van der Waals surface area contributed by atoms with Gasteiger partial charge in [-0.05, 0) is 38.5 Å². The van der Waals surface area contributed by atoms with Crippen LogP contribution in [0.4, 0.5) is 5.69 Å². The Kier molecular flexibility index (Phi) is 8.81. The number of carbonyl (C=O) groups excluding carboxylic acids is 1. The van der Waals surface area contributed by atoms with Crippen molar-refractivity contribution in [1.29, 1.82) is 0 Å². The lowest BCUT2D eigenvalue weighted by Gasteiger charge is -2.25. The summed E-state index contributed by atoms with van der Waals surface area (Å²) in [5.41, 5.74) is 2.30. The fourth-order valence-corrected chi connectivity index (χ4v) is 2.52. The quantitative estimate of drug-likeness (QED) is 0.577. The number of rotatable bonds is 8. The zero-order chi connectivity index (χ0) is 18.8. The molecule has 6 nitrogen and oxygen atoms in total. The van der Waals surface area contributed by atoms with Gasteiger partial charge in [0.25, 0.3) is 0 Å². The maximum Gasteiger partial charge on any atom is 0.242 e. The summed E-state index contributed by atoms with van der Waals surface area (Å²) in [5.74, 6) is 0.867. The first-order chi connectivity index (χ1) is 11.9. The molecule has 1 amide bonds. The number of guanidine groups is 1. The highest BCUT2D eigenvalue weighted by Crippen LogP contribution is 2.14. The molecule has 1 aromatic carbocycles. The highest BCUT2D eigenvalue weighted by Gasteiger charge is 2.14. The van der Waals surface area contributed by atoms with Crippen molar-refractivity contribution in [3.05, 3.63) is 29.8 Å². The highest BCUT2D eigenvalue weighted by molar-refractivity contribution is 5.86. The van der Waals surface area contributed by atoms with Crippen molar-refractivity contribution in [3.8, 4) is 0 Å². The molecule has 0 aliphatic carbocycles. The summed E-state index contributed by atoms with van der Waals surface area (Å²) in [6.45, 7) is 9.15. The molecular formula is C19H33N5O. The van der Waals surface area contributed by atoms with Crippen LogP contribution in [-0.4, -0.2) is 69.0 Å². The van der Waals surface area contributed by atoms with E-state index in [1.165, 1.54) is 0 Å². The first kappa shape index (κ1) is 20.8. The van der Waals surface area contributed by atoms with E-state index >= 15 is 0 Å². The van der Waals surface area contributed by atoms with Crippen molar-refractivity contribution in [2.45, 2.75) is 27.3 Å². The number of anilines is 1. The molecule has 0 saturated heterocycles. The second-order valence-corrected chi connectivity index (χ2v) is 6.16. The van der Waals surface area contributed by atoms with E-state index in [2.05, 4.69) is 28.4 Å². The molecule has 0 bridgehead atoms. The maximum atomic E-state index is 12.3. The number of aliphatic imine (C=N–C) groups is 1. The number of nitrogens with zero attached hydrogens (tertiary/aromatic N) is 4. The third kappa shape index (κ3) is 6.64. The van der Waals surface area contributed by atoms with E-state index < -0.39 is 0 Å². The van der Waals surface area contributed by atoms with E-state index in [4.69, 9.17) is 4.99 Å². The van der Waals surface area contributed by atoms with Crippen molar-refractivity contribution in [2.75, 3.05) is 52.2 Å². The van der Waals surface area contributed by atoms with Gasteiger partial charge in [-0.25, -0.2) is 4.99 Å². The molecule has 0 aliphatic heterocycles. The van der Waals surface area contributed by atoms with Crippen LogP contribution in [0.5, 0.6) is 0 Å². The van der Waals surface area contributed by atoms with E-state index in [0.29, 0.717) is 13.1 Å². The van der Waals surface area contributed by atoms with Gasteiger partial charge in [-0.3, -0.25) is 4.79 Å². The normalized spacial score (nSPS) is 11.2. The van der Waals surface area contributed by atoms with Crippen LogP contribution >= 0.6 is 0 Å². The van der Waals surface area contributed by atoms with Crippen LogP contribution in [0.25, 0.3) is 0 Å². The summed E-state index contributed by atoms with van der Waals surface area (Å²) in [5, 5.41) is 3.27. The molecule has 0 aromatic heterocycles. The summed E-state index contributed by atoms with van der Waals surface area (Å²) in [7, 11) is 5.96. The molecule has 0 atom stereocenters. The van der Waals surface area contributed by atoms with Crippen LogP contribution in [0.2, 0.25) is 0 Å². The molecule has 6 heteroatoms. The first-order valence-electron chi connectivity index (χ1n) is 8.96. The van der Waals surface area contributed by atoms with Crippen LogP contribution in [0.3, 0.4) is 0 Å². The molecule has 0 spiro atoms. The van der Waals surface area contributed by atoms with Crippen LogP contribution in [0.1, 0.15) is 26.3 Å². The molecule has 140 valence electrons. The van der Waals surface area contributed by atoms with Gasteiger partial charge in [-0.1, -0.05) is 12.1 Å². The van der Waals surface area contributed by atoms with Crippen LogP contribution in [0, 0.1) is 0 Å². The average molecular weight is 348 g/mol. The smallest absolute Gasteiger partial charge is 0.242 e.